The fourth-order valence-electron chi connectivity index (χ4n) is 2.27. The van der Waals surface area contributed by atoms with Crippen molar-refractivity contribution in [1.29, 1.82) is 0 Å². The van der Waals surface area contributed by atoms with Gasteiger partial charge in [0.2, 0.25) is 0 Å². The Kier molecular flexibility index (Phi) is 4.85. The van der Waals surface area contributed by atoms with E-state index < -0.39 is 11.9 Å². The molecule has 1 heterocycles. The molecule has 3 aromatic rings. The Morgan fingerprint density at radius 3 is 2.60 bits per heavy atom. The molecule has 0 aliphatic rings. The van der Waals surface area contributed by atoms with Crippen molar-refractivity contribution < 1.29 is 19.4 Å². The van der Waals surface area contributed by atoms with Crippen LogP contribution in [0.5, 0.6) is 5.75 Å². The lowest BCUT2D eigenvalue weighted by atomic mass is 10.2. The van der Waals surface area contributed by atoms with Crippen molar-refractivity contribution in [2.45, 2.75) is 0 Å². The molecule has 0 radical (unpaired) electrons. The zero-order valence-corrected chi connectivity index (χ0v) is 15.1. The van der Waals surface area contributed by atoms with Crippen molar-refractivity contribution in [2.75, 3.05) is 12.4 Å². The number of halogens is 2. The Bertz CT molecular complexity index is 1000. The SMILES string of the molecule is COc1ccc2sc(C(=O)Nc3ccc(Cl)c(C(=O)O)c3)c(Cl)c2c1. The number of anilines is 1. The van der Waals surface area contributed by atoms with Crippen molar-refractivity contribution in [3.63, 3.8) is 0 Å². The third-order valence-corrected chi connectivity index (χ3v) is 5.50. The molecule has 25 heavy (non-hydrogen) atoms. The summed E-state index contributed by atoms with van der Waals surface area (Å²) in [5, 5.41) is 12.9. The Labute approximate surface area is 156 Å². The fraction of sp³-hybridized carbons (Fsp3) is 0.0588. The molecule has 0 spiro atoms. The number of thiophene rings is 1. The maximum Gasteiger partial charge on any atom is 0.337 e. The summed E-state index contributed by atoms with van der Waals surface area (Å²) in [7, 11) is 1.55. The van der Waals surface area contributed by atoms with Crippen LogP contribution in [0.4, 0.5) is 5.69 Å². The standard InChI is InChI=1S/C17H11Cl2NO4S/c1-24-9-3-5-13-11(7-9)14(19)15(25-13)16(21)20-8-2-4-12(18)10(6-8)17(22)23/h2-7H,1H3,(H,20,21)(H,22,23). The lowest BCUT2D eigenvalue weighted by Gasteiger charge is -2.06. The van der Waals surface area contributed by atoms with Crippen LogP contribution in [0.15, 0.2) is 36.4 Å². The van der Waals surface area contributed by atoms with Gasteiger partial charge in [0, 0.05) is 15.8 Å². The lowest BCUT2D eigenvalue weighted by Crippen LogP contribution is -2.11. The van der Waals surface area contributed by atoms with E-state index in [4.69, 9.17) is 33.0 Å². The highest BCUT2D eigenvalue weighted by Crippen LogP contribution is 2.37. The van der Waals surface area contributed by atoms with E-state index in [0.29, 0.717) is 21.3 Å². The highest BCUT2D eigenvalue weighted by molar-refractivity contribution is 7.21. The predicted molar refractivity (Wildman–Crippen MR) is 99.8 cm³/mol. The number of fused-ring (bicyclic) bond motifs is 1. The Balaban J connectivity index is 1.94. The molecular formula is C17H11Cl2NO4S. The molecular weight excluding hydrogens is 385 g/mol. The van der Waals surface area contributed by atoms with E-state index in [2.05, 4.69) is 5.32 Å². The topological polar surface area (TPSA) is 75.6 Å². The van der Waals surface area contributed by atoms with E-state index in [0.717, 1.165) is 10.1 Å². The molecule has 0 saturated heterocycles. The van der Waals surface area contributed by atoms with Gasteiger partial charge in [-0.1, -0.05) is 23.2 Å². The van der Waals surface area contributed by atoms with E-state index in [1.165, 1.54) is 29.5 Å². The number of carboxylic acid groups (broad SMARTS) is 1. The highest BCUT2D eigenvalue weighted by Gasteiger charge is 2.19. The van der Waals surface area contributed by atoms with Crippen molar-refractivity contribution in [3.05, 3.63) is 56.9 Å². The van der Waals surface area contributed by atoms with Crippen LogP contribution >= 0.6 is 34.5 Å². The summed E-state index contributed by atoms with van der Waals surface area (Å²) in [5.41, 5.74) is 0.226. The first-order valence-corrected chi connectivity index (χ1v) is 8.58. The molecule has 0 saturated carbocycles. The average Bonchev–Trinajstić information content (AvgIpc) is 2.92. The summed E-state index contributed by atoms with van der Waals surface area (Å²) in [6.07, 6.45) is 0. The molecule has 128 valence electrons. The van der Waals surface area contributed by atoms with E-state index in [1.54, 1.807) is 19.2 Å². The average molecular weight is 396 g/mol. The number of hydrogen-bond donors (Lipinski definition) is 2. The minimum atomic E-state index is -1.17. The van der Waals surface area contributed by atoms with Crippen molar-refractivity contribution in [3.8, 4) is 5.75 Å². The van der Waals surface area contributed by atoms with Gasteiger partial charge in [0.25, 0.3) is 5.91 Å². The first-order chi connectivity index (χ1) is 11.9. The molecule has 5 nitrogen and oxygen atoms in total. The predicted octanol–water partition coefficient (Wildman–Crippen LogP) is 5.17. The van der Waals surface area contributed by atoms with Gasteiger partial charge in [-0.3, -0.25) is 4.79 Å². The van der Waals surface area contributed by atoms with Gasteiger partial charge in [-0.25, -0.2) is 4.79 Å². The van der Waals surface area contributed by atoms with Gasteiger partial charge in [0.05, 0.1) is 22.7 Å². The summed E-state index contributed by atoms with van der Waals surface area (Å²) < 4.78 is 6.01. The monoisotopic (exact) mass is 395 g/mol. The highest BCUT2D eigenvalue weighted by atomic mass is 35.5. The summed E-state index contributed by atoms with van der Waals surface area (Å²) in [6, 6.07) is 9.61. The van der Waals surface area contributed by atoms with Gasteiger partial charge >= 0.3 is 5.97 Å². The fourth-order valence-corrected chi connectivity index (χ4v) is 3.86. The van der Waals surface area contributed by atoms with Crippen LogP contribution < -0.4 is 10.1 Å². The number of methoxy groups -OCH3 is 1. The van der Waals surface area contributed by atoms with Crippen LogP contribution in [-0.2, 0) is 0 Å². The van der Waals surface area contributed by atoms with E-state index in [1.807, 2.05) is 6.07 Å². The van der Waals surface area contributed by atoms with Gasteiger partial charge in [-0.05, 0) is 36.4 Å². The van der Waals surface area contributed by atoms with Crippen LogP contribution in [0.1, 0.15) is 20.0 Å². The van der Waals surface area contributed by atoms with Gasteiger partial charge < -0.3 is 15.2 Å². The Morgan fingerprint density at radius 2 is 1.92 bits per heavy atom. The number of aromatic carboxylic acids is 1. The van der Waals surface area contributed by atoms with Gasteiger partial charge in [0.15, 0.2) is 0 Å². The molecule has 0 aliphatic heterocycles. The Hall–Kier alpha value is -2.28. The largest absolute Gasteiger partial charge is 0.497 e. The molecule has 2 aromatic carbocycles. The first kappa shape index (κ1) is 17.5. The van der Waals surface area contributed by atoms with Crippen molar-refractivity contribution in [2.24, 2.45) is 0 Å². The van der Waals surface area contributed by atoms with Gasteiger partial charge in [0.1, 0.15) is 10.6 Å². The van der Waals surface area contributed by atoms with E-state index in [-0.39, 0.29) is 10.6 Å². The minimum absolute atomic E-state index is 0.0911. The smallest absolute Gasteiger partial charge is 0.337 e. The molecule has 3 rings (SSSR count). The zero-order valence-electron chi connectivity index (χ0n) is 12.8. The van der Waals surface area contributed by atoms with Crippen molar-refractivity contribution >= 4 is 62.2 Å². The number of hydrogen-bond acceptors (Lipinski definition) is 4. The normalized spacial score (nSPS) is 10.7. The number of amides is 1. The second kappa shape index (κ2) is 6.92. The third-order valence-electron chi connectivity index (χ3n) is 3.50. The minimum Gasteiger partial charge on any atom is -0.497 e. The summed E-state index contributed by atoms with van der Waals surface area (Å²) >= 11 is 13.4. The lowest BCUT2D eigenvalue weighted by molar-refractivity contribution is 0.0696. The molecule has 1 aromatic heterocycles. The molecule has 0 unspecified atom stereocenters. The molecule has 0 fully saturated rings. The van der Waals surface area contributed by atoms with E-state index >= 15 is 0 Å². The molecule has 0 atom stereocenters. The number of benzene rings is 2. The van der Waals surface area contributed by atoms with Crippen LogP contribution in [-0.4, -0.2) is 24.1 Å². The molecule has 0 aliphatic carbocycles. The van der Waals surface area contributed by atoms with Crippen LogP contribution in [0.25, 0.3) is 10.1 Å². The quantitative estimate of drug-likeness (QED) is 0.638. The van der Waals surface area contributed by atoms with Crippen LogP contribution in [0.2, 0.25) is 10.0 Å². The van der Waals surface area contributed by atoms with Gasteiger partial charge in [-0.15, -0.1) is 11.3 Å². The second-order valence-corrected chi connectivity index (χ2v) is 6.90. The number of ether oxygens (including phenoxy) is 1. The van der Waals surface area contributed by atoms with Gasteiger partial charge in [-0.2, -0.15) is 0 Å². The molecule has 2 N–H and O–H groups in total. The molecule has 8 heteroatoms. The number of rotatable bonds is 4. The zero-order chi connectivity index (χ0) is 18.1. The third kappa shape index (κ3) is 3.42. The Morgan fingerprint density at radius 1 is 1.16 bits per heavy atom. The number of carboxylic acids is 1. The summed E-state index contributed by atoms with van der Waals surface area (Å²) in [4.78, 5) is 24.0. The maximum absolute atomic E-state index is 12.5. The van der Waals surface area contributed by atoms with E-state index in [9.17, 15) is 9.59 Å². The molecule has 0 bridgehead atoms. The molecule has 1 amide bonds. The first-order valence-electron chi connectivity index (χ1n) is 7.01. The van der Waals surface area contributed by atoms with Crippen LogP contribution in [0.3, 0.4) is 0 Å². The number of carbonyl (C=O) groups is 2. The summed E-state index contributed by atoms with van der Waals surface area (Å²) in [6.45, 7) is 0. The second-order valence-electron chi connectivity index (χ2n) is 5.06. The van der Waals surface area contributed by atoms with Crippen LogP contribution in [0, 0.1) is 0 Å². The number of nitrogens with one attached hydrogen (secondary N) is 1. The van der Waals surface area contributed by atoms with Crippen molar-refractivity contribution in [1.82, 2.24) is 0 Å². The summed E-state index contributed by atoms with van der Waals surface area (Å²) in [5.74, 6) is -0.958. The number of carbonyl (C=O) groups excluding carboxylic acids is 1. The maximum atomic E-state index is 12.5.